The van der Waals surface area contributed by atoms with Crippen molar-refractivity contribution in [2.24, 2.45) is 0 Å². The zero-order valence-corrected chi connectivity index (χ0v) is 20.4. The summed E-state index contributed by atoms with van der Waals surface area (Å²) in [5.41, 5.74) is 2.43. The lowest BCUT2D eigenvalue weighted by molar-refractivity contribution is 0.251. The number of hydrogen-bond donors (Lipinski definition) is 4. The summed E-state index contributed by atoms with van der Waals surface area (Å²) in [5, 5.41) is 8.90. The van der Waals surface area contributed by atoms with Crippen LogP contribution in [-0.2, 0) is 16.6 Å². The molecule has 0 saturated carbocycles. The van der Waals surface area contributed by atoms with Gasteiger partial charge in [0.05, 0.1) is 5.69 Å². The van der Waals surface area contributed by atoms with Gasteiger partial charge < -0.3 is 20.9 Å². The van der Waals surface area contributed by atoms with E-state index in [1.807, 2.05) is 12.1 Å². The van der Waals surface area contributed by atoms with Crippen LogP contribution in [0.5, 0.6) is 0 Å². The summed E-state index contributed by atoms with van der Waals surface area (Å²) >= 11 is 0. The highest BCUT2D eigenvalue weighted by molar-refractivity contribution is 7.92. The van der Waals surface area contributed by atoms with E-state index in [0.717, 1.165) is 31.5 Å². The van der Waals surface area contributed by atoms with E-state index in [-0.39, 0.29) is 17.0 Å². The Morgan fingerprint density at radius 1 is 1.00 bits per heavy atom. The molecular weight excluding hydrogens is 464 g/mol. The zero-order valence-electron chi connectivity index (χ0n) is 19.6. The Balaban J connectivity index is 1.36. The molecule has 0 spiro atoms. The van der Waals surface area contributed by atoms with Crippen molar-refractivity contribution in [2.75, 3.05) is 35.5 Å². The normalized spacial score (nSPS) is 14.8. The minimum atomic E-state index is -3.81. The predicted octanol–water partition coefficient (Wildman–Crippen LogP) is 3.71. The number of para-hydroxylation sites is 1. The Morgan fingerprint density at radius 2 is 1.71 bits per heavy atom. The van der Waals surface area contributed by atoms with Crippen LogP contribution in [0.1, 0.15) is 18.4 Å². The van der Waals surface area contributed by atoms with Crippen LogP contribution in [0.25, 0.3) is 0 Å². The van der Waals surface area contributed by atoms with Crippen LogP contribution in [0, 0.1) is 0 Å². The number of anilines is 3. The third kappa shape index (κ3) is 6.93. The van der Waals surface area contributed by atoms with Crippen molar-refractivity contribution in [1.29, 1.82) is 0 Å². The van der Waals surface area contributed by atoms with E-state index in [2.05, 4.69) is 37.6 Å². The van der Waals surface area contributed by atoms with Gasteiger partial charge in [0.15, 0.2) is 0 Å². The highest BCUT2D eigenvalue weighted by Gasteiger charge is 2.22. The van der Waals surface area contributed by atoms with Gasteiger partial charge >= 0.3 is 6.03 Å². The van der Waals surface area contributed by atoms with Crippen molar-refractivity contribution in [3.05, 3.63) is 78.6 Å². The molecule has 1 fully saturated rings. The van der Waals surface area contributed by atoms with E-state index in [1.54, 1.807) is 60.9 Å². The highest BCUT2D eigenvalue weighted by atomic mass is 32.2. The maximum atomic E-state index is 13.2. The van der Waals surface area contributed by atoms with Crippen LogP contribution in [-0.4, -0.2) is 50.5 Å². The van der Waals surface area contributed by atoms with Crippen LogP contribution >= 0.6 is 0 Å². The second-order valence-electron chi connectivity index (χ2n) is 8.57. The number of piperidine rings is 1. The first-order valence-electron chi connectivity index (χ1n) is 11.5. The molecule has 2 aromatic carbocycles. The van der Waals surface area contributed by atoms with E-state index in [1.165, 1.54) is 0 Å². The maximum absolute atomic E-state index is 13.2. The molecule has 9 nitrogen and oxygen atoms in total. The molecule has 2 amide bonds. The number of hydrogen-bond acceptors (Lipinski definition) is 6. The number of pyridine rings is 1. The molecule has 10 heteroatoms. The number of nitrogens with zero attached hydrogens (tertiary/aromatic N) is 2. The fourth-order valence-electron chi connectivity index (χ4n) is 3.89. The minimum absolute atomic E-state index is 0.205. The summed E-state index contributed by atoms with van der Waals surface area (Å²) in [6.07, 6.45) is 5.28. The number of urea groups is 1. The summed E-state index contributed by atoms with van der Waals surface area (Å²) in [6.45, 7) is 2.31. The molecule has 1 saturated heterocycles. The molecule has 1 aliphatic rings. The SMILES string of the molecule is CN1CCC(Nc2ccccc2S(=O)(=O)Nc2ccc(NC(=O)NCc3cccnc3)cc2)CC1. The first-order chi connectivity index (χ1) is 16.9. The summed E-state index contributed by atoms with van der Waals surface area (Å²) in [7, 11) is -1.72. The zero-order chi connectivity index (χ0) is 24.7. The predicted molar refractivity (Wildman–Crippen MR) is 138 cm³/mol. The largest absolute Gasteiger partial charge is 0.381 e. The van der Waals surface area contributed by atoms with Crippen molar-refractivity contribution >= 4 is 33.1 Å². The molecule has 0 atom stereocenters. The molecule has 4 N–H and O–H groups in total. The van der Waals surface area contributed by atoms with Crippen LogP contribution in [0.3, 0.4) is 0 Å². The number of aromatic nitrogens is 1. The van der Waals surface area contributed by atoms with E-state index in [4.69, 9.17) is 0 Å². The lowest BCUT2D eigenvalue weighted by Crippen LogP contribution is -2.37. The molecule has 35 heavy (non-hydrogen) atoms. The molecule has 2 heterocycles. The summed E-state index contributed by atoms with van der Waals surface area (Å²) in [5.74, 6) is 0. The Bertz CT molecular complexity index is 1230. The van der Waals surface area contributed by atoms with Crippen molar-refractivity contribution in [1.82, 2.24) is 15.2 Å². The average molecular weight is 495 g/mol. The molecule has 0 bridgehead atoms. The summed E-state index contributed by atoms with van der Waals surface area (Å²) in [6, 6.07) is 17.0. The molecule has 3 aromatic rings. The van der Waals surface area contributed by atoms with Crippen LogP contribution in [0.4, 0.5) is 21.9 Å². The number of rotatable bonds is 8. The third-order valence-corrected chi connectivity index (χ3v) is 7.27. The number of sulfonamides is 1. The van der Waals surface area contributed by atoms with Crippen molar-refractivity contribution in [2.45, 2.75) is 30.3 Å². The van der Waals surface area contributed by atoms with Gasteiger partial charge in [0.25, 0.3) is 10.0 Å². The van der Waals surface area contributed by atoms with Crippen LogP contribution in [0.2, 0.25) is 0 Å². The molecule has 0 unspecified atom stereocenters. The number of carbonyl (C=O) groups is 1. The Hall–Kier alpha value is -3.63. The molecular formula is C25H30N6O3S. The lowest BCUT2D eigenvalue weighted by atomic mass is 10.1. The monoisotopic (exact) mass is 494 g/mol. The highest BCUT2D eigenvalue weighted by Crippen LogP contribution is 2.26. The van der Waals surface area contributed by atoms with Crippen LogP contribution in [0.15, 0.2) is 78.0 Å². The smallest absolute Gasteiger partial charge is 0.319 e. The number of likely N-dealkylation sites (tertiary alicyclic amines) is 1. The number of amides is 2. The van der Waals surface area contributed by atoms with Gasteiger partial charge in [-0.05, 0) is 81.0 Å². The third-order valence-electron chi connectivity index (χ3n) is 5.83. The quantitative estimate of drug-likeness (QED) is 0.380. The van der Waals surface area contributed by atoms with Gasteiger partial charge in [-0.3, -0.25) is 9.71 Å². The topological polar surface area (TPSA) is 115 Å². The molecule has 0 aliphatic carbocycles. The minimum Gasteiger partial charge on any atom is -0.381 e. The first kappa shape index (κ1) is 24.5. The van der Waals surface area contributed by atoms with Crippen molar-refractivity contribution < 1.29 is 13.2 Å². The fourth-order valence-corrected chi connectivity index (χ4v) is 5.12. The standard InChI is InChI=1S/C25H30N6O3S/c1-31-15-12-21(13-16-31)28-23-6-2-3-7-24(23)35(33,34)30-22-10-8-20(9-11-22)29-25(32)27-18-19-5-4-14-26-17-19/h2-11,14,17,21,28,30H,12-13,15-16,18H2,1H3,(H2,27,29,32). The molecule has 4 rings (SSSR count). The molecule has 0 radical (unpaired) electrons. The van der Waals surface area contributed by atoms with Gasteiger partial charge in [0.2, 0.25) is 0 Å². The second kappa shape index (κ2) is 11.2. The maximum Gasteiger partial charge on any atom is 0.319 e. The summed E-state index contributed by atoms with van der Waals surface area (Å²) < 4.78 is 28.9. The Morgan fingerprint density at radius 3 is 2.43 bits per heavy atom. The molecule has 1 aliphatic heterocycles. The fraction of sp³-hybridized carbons (Fsp3) is 0.280. The van der Waals surface area contributed by atoms with E-state index in [9.17, 15) is 13.2 Å². The van der Waals surface area contributed by atoms with Gasteiger partial charge in [-0.1, -0.05) is 18.2 Å². The number of nitrogens with one attached hydrogen (secondary N) is 4. The van der Waals surface area contributed by atoms with Crippen molar-refractivity contribution in [3.8, 4) is 0 Å². The van der Waals surface area contributed by atoms with Gasteiger partial charge in [0.1, 0.15) is 4.90 Å². The van der Waals surface area contributed by atoms with Gasteiger partial charge in [-0.15, -0.1) is 0 Å². The number of benzene rings is 2. The van der Waals surface area contributed by atoms with Gasteiger partial charge in [0, 0.05) is 36.4 Å². The lowest BCUT2D eigenvalue weighted by Gasteiger charge is -2.30. The number of carbonyl (C=O) groups excluding carboxylic acids is 1. The Kier molecular flexibility index (Phi) is 7.84. The van der Waals surface area contributed by atoms with E-state index in [0.29, 0.717) is 23.6 Å². The summed E-state index contributed by atoms with van der Waals surface area (Å²) in [4.78, 5) is 18.6. The second-order valence-corrected chi connectivity index (χ2v) is 10.2. The average Bonchev–Trinajstić information content (AvgIpc) is 2.86. The van der Waals surface area contributed by atoms with Gasteiger partial charge in [-0.25, -0.2) is 13.2 Å². The molecule has 184 valence electrons. The van der Waals surface area contributed by atoms with Gasteiger partial charge in [-0.2, -0.15) is 0 Å². The van der Waals surface area contributed by atoms with Crippen molar-refractivity contribution in [3.63, 3.8) is 0 Å². The molecule has 1 aromatic heterocycles. The first-order valence-corrected chi connectivity index (χ1v) is 13.0. The van der Waals surface area contributed by atoms with E-state index < -0.39 is 10.0 Å². The van der Waals surface area contributed by atoms with E-state index >= 15 is 0 Å². The van der Waals surface area contributed by atoms with Crippen LogP contribution < -0.4 is 20.7 Å². The Labute approximate surface area is 206 Å².